The standard InChI is InChI=1S/C20H21N5O/c1-3-16-8-4-6-14(2)19(16)25-18-10-17(23-13-24-18)20(26)22-12-15-7-5-9-21-11-15/h4-11,13H,3,12H2,1-2H3,(H,22,26)(H,23,24,25). The Kier molecular flexibility index (Phi) is 5.53. The Labute approximate surface area is 152 Å². The van der Waals surface area contributed by atoms with E-state index < -0.39 is 0 Å². The third-order valence-electron chi connectivity index (χ3n) is 4.07. The first-order valence-corrected chi connectivity index (χ1v) is 8.52. The van der Waals surface area contributed by atoms with Crippen LogP contribution < -0.4 is 10.6 Å². The van der Waals surface area contributed by atoms with Gasteiger partial charge >= 0.3 is 0 Å². The van der Waals surface area contributed by atoms with Crippen molar-refractivity contribution in [1.29, 1.82) is 0 Å². The van der Waals surface area contributed by atoms with E-state index in [4.69, 9.17) is 0 Å². The molecule has 2 N–H and O–H groups in total. The van der Waals surface area contributed by atoms with Gasteiger partial charge in [0.05, 0.1) is 0 Å². The molecule has 0 saturated heterocycles. The molecule has 0 bridgehead atoms. The molecule has 2 aromatic heterocycles. The lowest BCUT2D eigenvalue weighted by atomic mass is 10.1. The van der Waals surface area contributed by atoms with Crippen molar-refractivity contribution in [3.05, 3.63) is 77.5 Å². The minimum absolute atomic E-state index is 0.250. The number of amides is 1. The van der Waals surface area contributed by atoms with Crippen molar-refractivity contribution >= 4 is 17.4 Å². The Morgan fingerprint density at radius 2 is 2.04 bits per heavy atom. The predicted molar refractivity (Wildman–Crippen MR) is 101 cm³/mol. The summed E-state index contributed by atoms with van der Waals surface area (Å²) in [5, 5.41) is 6.16. The lowest BCUT2D eigenvalue weighted by Crippen LogP contribution is -2.24. The van der Waals surface area contributed by atoms with Gasteiger partial charge in [-0.05, 0) is 36.1 Å². The van der Waals surface area contributed by atoms with Crippen LogP contribution in [-0.4, -0.2) is 20.9 Å². The topological polar surface area (TPSA) is 79.8 Å². The van der Waals surface area contributed by atoms with Crippen LogP contribution in [0.2, 0.25) is 0 Å². The van der Waals surface area contributed by atoms with Crippen LogP contribution in [-0.2, 0) is 13.0 Å². The van der Waals surface area contributed by atoms with Crippen LogP contribution in [0.4, 0.5) is 11.5 Å². The lowest BCUT2D eigenvalue weighted by molar-refractivity contribution is 0.0945. The minimum Gasteiger partial charge on any atom is -0.347 e. The molecule has 0 aliphatic rings. The average molecular weight is 347 g/mol. The third-order valence-corrected chi connectivity index (χ3v) is 4.07. The van der Waals surface area contributed by atoms with Crippen molar-refractivity contribution in [2.24, 2.45) is 0 Å². The van der Waals surface area contributed by atoms with Gasteiger partial charge in [-0.1, -0.05) is 31.2 Å². The van der Waals surface area contributed by atoms with Crippen molar-refractivity contribution < 1.29 is 4.79 Å². The summed E-state index contributed by atoms with van der Waals surface area (Å²) in [6, 6.07) is 11.6. The zero-order chi connectivity index (χ0) is 18.4. The Morgan fingerprint density at radius 1 is 1.15 bits per heavy atom. The first-order chi connectivity index (χ1) is 12.7. The molecule has 2 heterocycles. The van der Waals surface area contributed by atoms with Gasteiger partial charge in [-0.2, -0.15) is 0 Å². The zero-order valence-electron chi connectivity index (χ0n) is 14.9. The van der Waals surface area contributed by atoms with E-state index in [1.807, 2.05) is 31.2 Å². The number of nitrogens with zero attached hydrogens (tertiary/aromatic N) is 3. The summed E-state index contributed by atoms with van der Waals surface area (Å²) >= 11 is 0. The molecule has 26 heavy (non-hydrogen) atoms. The number of pyridine rings is 1. The van der Waals surface area contributed by atoms with Crippen LogP contribution in [0.25, 0.3) is 0 Å². The SMILES string of the molecule is CCc1cccc(C)c1Nc1cc(C(=O)NCc2cccnc2)ncn1. The summed E-state index contributed by atoms with van der Waals surface area (Å²) in [7, 11) is 0. The molecule has 0 aliphatic heterocycles. The van der Waals surface area contributed by atoms with E-state index in [9.17, 15) is 4.79 Å². The molecule has 6 heteroatoms. The molecule has 0 fully saturated rings. The Morgan fingerprint density at radius 3 is 2.81 bits per heavy atom. The van der Waals surface area contributed by atoms with Crippen molar-refractivity contribution in [1.82, 2.24) is 20.3 Å². The van der Waals surface area contributed by atoms with Gasteiger partial charge < -0.3 is 10.6 Å². The number of nitrogens with one attached hydrogen (secondary N) is 2. The maximum Gasteiger partial charge on any atom is 0.270 e. The maximum atomic E-state index is 12.4. The fourth-order valence-corrected chi connectivity index (χ4v) is 2.66. The minimum atomic E-state index is -0.250. The fraction of sp³-hybridized carbons (Fsp3) is 0.200. The van der Waals surface area contributed by atoms with E-state index in [1.54, 1.807) is 18.5 Å². The molecule has 0 aliphatic carbocycles. The van der Waals surface area contributed by atoms with Crippen LogP contribution in [0.3, 0.4) is 0 Å². The number of carbonyl (C=O) groups is 1. The van der Waals surface area contributed by atoms with E-state index in [0.29, 0.717) is 18.1 Å². The molecule has 0 atom stereocenters. The molecule has 1 amide bonds. The number of hydrogen-bond donors (Lipinski definition) is 2. The molecule has 3 rings (SSSR count). The van der Waals surface area contributed by atoms with Crippen LogP contribution in [0, 0.1) is 6.92 Å². The van der Waals surface area contributed by atoms with Gasteiger partial charge in [-0.15, -0.1) is 0 Å². The lowest BCUT2D eigenvalue weighted by Gasteiger charge is -2.13. The summed E-state index contributed by atoms with van der Waals surface area (Å²) in [5.41, 5.74) is 4.60. The second-order valence-electron chi connectivity index (χ2n) is 5.92. The Bertz CT molecular complexity index is 896. The number of aromatic nitrogens is 3. The average Bonchev–Trinajstić information content (AvgIpc) is 2.68. The molecule has 132 valence electrons. The van der Waals surface area contributed by atoms with E-state index >= 15 is 0 Å². The first kappa shape index (κ1) is 17.5. The van der Waals surface area contributed by atoms with Crippen LogP contribution in [0.15, 0.2) is 55.1 Å². The normalized spacial score (nSPS) is 10.4. The smallest absolute Gasteiger partial charge is 0.270 e. The maximum absolute atomic E-state index is 12.4. The quantitative estimate of drug-likeness (QED) is 0.714. The highest BCUT2D eigenvalue weighted by molar-refractivity contribution is 5.93. The molecular weight excluding hydrogens is 326 g/mol. The van der Waals surface area contributed by atoms with Crippen molar-refractivity contribution in [2.45, 2.75) is 26.8 Å². The van der Waals surface area contributed by atoms with Gasteiger partial charge in [-0.25, -0.2) is 9.97 Å². The summed E-state index contributed by atoms with van der Waals surface area (Å²) in [5.74, 6) is 0.343. The number of hydrogen-bond acceptors (Lipinski definition) is 5. The number of anilines is 2. The van der Waals surface area contributed by atoms with Gasteiger partial charge in [0, 0.05) is 30.7 Å². The highest BCUT2D eigenvalue weighted by atomic mass is 16.1. The van der Waals surface area contributed by atoms with E-state index in [2.05, 4.69) is 38.6 Å². The van der Waals surface area contributed by atoms with Crippen molar-refractivity contribution in [3.8, 4) is 0 Å². The molecule has 0 unspecified atom stereocenters. The Hall–Kier alpha value is -3.28. The van der Waals surface area contributed by atoms with Gasteiger partial charge in [-0.3, -0.25) is 9.78 Å². The summed E-state index contributed by atoms with van der Waals surface area (Å²) in [4.78, 5) is 24.7. The fourth-order valence-electron chi connectivity index (χ4n) is 2.66. The third kappa shape index (κ3) is 4.22. The molecule has 6 nitrogen and oxygen atoms in total. The summed E-state index contributed by atoms with van der Waals surface area (Å²) < 4.78 is 0. The number of benzene rings is 1. The summed E-state index contributed by atoms with van der Waals surface area (Å²) in [6.45, 7) is 4.55. The number of carbonyl (C=O) groups excluding carboxylic acids is 1. The van der Waals surface area contributed by atoms with Crippen molar-refractivity contribution in [3.63, 3.8) is 0 Å². The van der Waals surface area contributed by atoms with Gasteiger partial charge in [0.15, 0.2) is 0 Å². The molecule has 1 aromatic carbocycles. The second kappa shape index (κ2) is 8.20. The van der Waals surface area contributed by atoms with Crippen LogP contribution in [0.1, 0.15) is 34.1 Å². The monoisotopic (exact) mass is 347 g/mol. The van der Waals surface area contributed by atoms with Crippen molar-refractivity contribution in [2.75, 3.05) is 5.32 Å². The van der Waals surface area contributed by atoms with E-state index in [0.717, 1.165) is 23.2 Å². The zero-order valence-corrected chi connectivity index (χ0v) is 14.9. The molecule has 0 spiro atoms. The van der Waals surface area contributed by atoms with Crippen LogP contribution in [0.5, 0.6) is 0 Å². The number of rotatable bonds is 6. The van der Waals surface area contributed by atoms with E-state index in [-0.39, 0.29) is 5.91 Å². The largest absolute Gasteiger partial charge is 0.347 e. The highest BCUT2D eigenvalue weighted by Gasteiger charge is 2.10. The first-order valence-electron chi connectivity index (χ1n) is 8.52. The second-order valence-corrected chi connectivity index (χ2v) is 5.92. The molecular formula is C20H21N5O. The molecule has 3 aromatic rings. The molecule has 0 radical (unpaired) electrons. The van der Waals surface area contributed by atoms with Crippen LogP contribution >= 0.6 is 0 Å². The number of para-hydroxylation sites is 1. The summed E-state index contributed by atoms with van der Waals surface area (Å²) in [6.07, 6.45) is 5.72. The highest BCUT2D eigenvalue weighted by Crippen LogP contribution is 2.24. The molecule has 0 saturated carbocycles. The van der Waals surface area contributed by atoms with Gasteiger partial charge in [0.1, 0.15) is 17.8 Å². The predicted octanol–water partition coefficient (Wildman–Crippen LogP) is 3.42. The van der Waals surface area contributed by atoms with Gasteiger partial charge in [0.25, 0.3) is 5.91 Å². The number of aryl methyl sites for hydroxylation is 2. The van der Waals surface area contributed by atoms with Gasteiger partial charge in [0.2, 0.25) is 0 Å². The Balaban J connectivity index is 1.73. The van der Waals surface area contributed by atoms with E-state index in [1.165, 1.54) is 11.9 Å².